The number of rotatable bonds is 5. The molecule has 118 valence electrons. The fourth-order valence-electron chi connectivity index (χ4n) is 3.19. The van der Waals surface area contributed by atoms with Crippen molar-refractivity contribution in [3.63, 3.8) is 0 Å². The molecule has 2 aromatic heterocycles. The summed E-state index contributed by atoms with van der Waals surface area (Å²) in [4.78, 5) is 22.1. The smallest absolute Gasteiger partial charge is 0.262 e. The predicted molar refractivity (Wildman–Crippen MR) is 81.5 cm³/mol. The molecule has 0 unspecified atom stereocenters. The predicted octanol–water partition coefficient (Wildman–Crippen LogP) is 0.657. The monoisotopic (exact) mass is 303 g/mol. The molecule has 7 heteroatoms. The number of H-pyrrole nitrogens is 1. The molecule has 1 saturated heterocycles. The summed E-state index contributed by atoms with van der Waals surface area (Å²) in [5.41, 5.74) is 0.548. The topological polar surface area (TPSA) is 76.0 Å². The normalized spacial score (nSPS) is 22.0. The van der Waals surface area contributed by atoms with E-state index in [1.165, 1.54) is 12.8 Å². The van der Waals surface area contributed by atoms with E-state index in [0.29, 0.717) is 29.5 Å². The van der Waals surface area contributed by atoms with Gasteiger partial charge in [0.05, 0.1) is 19.3 Å². The van der Waals surface area contributed by atoms with Crippen LogP contribution in [0.4, 0.5) is 0 Å². The minimum absolute atomic E-state index is 0.104. The summed E-state index contributed by atoms with van der Waals surface area (Å²) in [5.74, 6) is 1.33. The van der Waals surface area contributed by atoms with Crippen molar-refractivity contribution in [3.8, 4) is 0 Å². The van der Waals surface area contributed by atoms with Crippen molar-refractivity contribution in [1.29, 1.82) is 0 Å². The van der Waals surface area contributed by atoms with Crippen LogP contribution in [-0.2, 0) is 18.3 Å². The molecule has 0 radical (unpaired) electrons. The molecule has 2 aliphatic rings. The molecule has 22 heavy (non-hydrogen) atoms. The molecule has 0 bridgehead atoms. The molecule has 1 atom stereocenters. The highest BCUT2D eigenvalue weighted by molar-refractivity contribution is 5.72. The summed E-state index contributed by atoms with van der Waals surface area (Å²) in [5, 5.41) is 4.66. The maximum Gasteiger partial charge on any atom is 0.262 e. The molecule has 2 aromatic rings. The highest BCUT2D eigenvalue weighted by Crippen LogP contribution is 2.29. The summed E-state index contributed by atoms with van der Waals surface area (Å²) in [6.45, 7) is 3.45. The Kier molecular flexibility index (Phi) is 3.46. The van der Waals surface area contributed by atoms with Crippen molar-refractivity contribution in [2.75, 3.05) is 19.8 Å². The van der Waals surface area contributed by atoms with Crippen LogP contribution in [0.5, 0.6) is 0 Å². The van der Waals surface area contributed by atoms with E-state index in [-0.39, 0.29) is 5.56 Å². The number of nitrogens with zero attached hydrogens (tertiary/aromatic N) is 4. The highest BCUT2D eigenvalue weighted by Gasteiger charge is 2.32. The SMILES string of the molecule is Cn1ncc2c(=O)[nH]c(CN(C[C@H]3CCOC3)C3CC3)nc21. The Morgan fingerprint density at radius 3 is 3.05 bits per heavy atom. The zero-order valence-corrected chi connectivity index (χ0v) is 12.8. The number of hydrogen-bond donors (Lipinski definition) is 1. The molecule has 7 nitrogen and oxygen atoms in total. The zero-order chi connectivity index (χ0) is 15.1. The average Bonchev–Trinajstić information content (AvgIpc) is 3.10. The Morgan fingerprint density at radius 1 is 1.45 bits per heavy atom. The molecule has 3 heterocycles. The lowest BCUT2D eigenvalue weighted by Gasteiger charge is -2.24. The molecule has 0 aromatic carbocycles. The van der Waals surface area contributed by atoms with E-state index in [2.05, 4.69) is 20.0 Å². The molecule has 2 fully saturated rings. The summed E-state index contributed by atoms with van der Waals surface area (Å²) in [6, 6.07) is 0.633. The summed E-state index contributed by atoms with van der Waals surface area (Å²) in [6.07, 6.45) is 5.19. The Balaban J connectivity index is 1.57. The Bertz CT molecular complexity index is 727. The van der Waals surface area contributed by atoms with Crippen LogP contribution in [0.3, 0.4) is 0 Å². The van der Waals surface area contributed by atoms with Crippen molar-refractivity contribution in [2.24, 2.45) is 13.0 Å². The number of nitrogens with one attached hydrogen (secondary N) is 1. The molecule has 1 N–H and O–H groups in total. The van der Waals surface area contributed by atoms with Crippen LogP contribution in [0.25, 0.3) is 11.0 Å². The summed E-state index contributed by atoms with van der Waals surface area (Å²) < 4.78 is 7.13. The van der Waals surface area contributed by atoms with Gasteiger partial charge in [0, 0.05) is 26.2 Å². The largest absolute Gasteiger partial charge is 0.381 e. The van der Waals surface area contributed by atoms with Gasteiger partial charge in [-0.15, -0.1) is 0 Å². The van der Waals surface area contributed by atoms with Crippen LogP contribution in [0.2, 0.25) is 0 Å². The summed E-state index contributed by atoms with van der Waals surface area (Å²) >= 11 is 0. The quantitative estimate of drug-likeness (QED) is 0.878. The minimum atomic E-state index is -0.104. The molecule has 1 aliphatic heterocycles. The first-order valence-electron chi connectivity index (χ1n) is 7.93. The van der Waals surface area contributed by atoms with Crippen LogP contribution in [-0.4, -0.2) is 50.4 Å². The number of ether oxygens (including phenoxy) is 1. The lowest BCUT2D eigenvalue weighted by atomic mass is 10.1. The van der Waals surface area contributed by atoms with Gasteiger partial charge in [0.15, 0.2) is 5.65 Å². The zero-order valence-electron chi connectivity index (χ0n) is 12.8. The van der Waals surface area contributed by atoms with Crippen LogP contribution in [0.1, 0.15) is 25.1 Å². The second-order valence-electron chi connectivity index (χ2n) is 6.41. The van der Waals surface area contributed by atoms with E-state index in [1.807, 2.05) is 7.05 Å². The van der Waals surface area contributed by atoms with Gasteiger partial charge in [0.25, 0.3) is 5.56 Å². The third kappa shape index (κ3) is 2.66. The first-order chi connectivity index (χ1) is 10.7. The van der Waals surface area contributed by atoms with Gasteiger partial charge in [-0.3, -0.25) is 14.4 Å². The maximum atomic E-state index is 12.1. The van der Waals surface area contributed by atoms with Gasteiger partial charge in [-0.25, -0.2) is 4.98 Å². The average molecular weight is 303 g/mol. The van der Waals surface area contributed by atoms with Gasteiger partial charge in [0.2, 0.25) is 0 Å². The fraction of sp³-hybridized carbons (Fsp3) is 0.667. The van der Waals surface area contributed by atoms with E-state index < -0.39 is 0 Å². The van der Waals surface area contributed by atoms with Gasteiger partial charge in [-0.05, 0) is 25.2 Å². The lowest BCUT2D eigenvalue weighted by Crippen LogP contribution is -2.33. The van der Waals surface area contributed by atoms with E-state index in [4.69, 9.17) is 4.74 Å². The molecule has 0 amide bonds. The van der Waals surface area contributed by atoms with Crippen molar-refractivity contribution in [2.45, 2.75) is 31.8 Å². The van der Waals surface area contributed by atoms with Gasteiger partial charge in [-0.2, -0.15) is 5.10 Å². The molecular formula is C15H21N5O2. The van der Waals surface area contributed by atoms with Crippen molar-refractivity contribution >= 4 is 11.0 Å². The third-order valence-electron chi connectivity index (χ3n) is 4.58. The fourth-order valence-corrected chi connectivity index (χ4v) is 3.19. The number of aryl methyl sites for hydroxylation is 1. The van der Waals surface area contributed by atoms with Crippen molar-refractivity contribution < 1.29 is 4.74 Å². The molecule has 0 spiro atoms. The van der Waals surface area contributed by atoms with Crippen LogP contribution in [0, 0.1) is 5.92 Å². The van der Waals surface area contributed by atoms with Crippen LogP contribution >= 0.6 is 0 Å². The highest BCUT2D eigenvalue weighted by atomic mass is 16.5. The van der Waals surface area contributed by atoms with E-state index in [0.717, 1.165) is 32.0 Å². The van der Waals surface area contributed by atoms with Crippen LogP contribution in [0.15, 0.2) is 11.0 Å². The first-order valence-corrected chi connectivity index (χ1v) is 7.93. The van der Waals surface area contributed by atoms with E-state index in [9.17, 15) is 4.79 Å². The van der Waals surface area contributed by atoms with Gasteiger partial charge < -0.3 is 9.72 Å². The summed E-state index contributed by atoms with van der Waals surface area (Å²) in [7, 11) is 1.81. The standard InChI is InChI=1S/C15H21N5O2/c1-19-14-12(6-16-19)15(21)18-13(17-14)8-20(11-2-3-11)7-10-4-5-22-9-10/h6,10-11H,2-5,7-9H2,1H3,(H,17,18,21)/t10-/m1/s1. The van der Waals surface area contributed by atoms with Gasteiger partial charge >= 0.3 is 0 Å². The Hall–Kier alpha value is -1.73. The number of hydrogen-bond acceptors (Lipinski definition) is 5. The number of aromatic amines is 1. The first kappa shape index (κ1) is 13.9. The van der Waals surface area contributed by atoms with Gasteiger partial charge in [0.1, 0.15) is 11.2 Å². The molecular weight excluding hydrogens is 282 g/mol. The van der Waals surface area contributed by atoms with Crippen LogP contribution < -0.4 is 5.56 Å². The minimum Gasteiger partial charge on any atom is -0.381 e. The maximum absolute atomic E-state index is 12.1. The molecule has 4 rings (SSSR count). The Morgan fingerprint density at radius 2 is 2.32 bits per heavy atom. The van der Waals surface area contributed by atoms with Crippen molar-refractivity contribution in [1.82, 2.24) is 24.6 Å². The van der Waals surface area contributed by atoms with Gasteiger partial charge in [-0.1, -0.05) is 0 Å². The van der Waals surface area contributed by atoms with E-state index >= 15 is 0 Å². The number of fused-ring (bicyclic) bond motifs is 1. The second kappa shape index (κ2) is 5.48. The second-order valence-corrected chi connectivity index (χ2v) is 6.41. The Labute approximate surface area is 128 Å². The van der Waals surface area contributed by atoms with Crippen molar-refractivity contribution in [3.05, 3.63) is 22.4 Å². The lowest BCUT2D eigenvalue weighted by molar-refractivity contribution is 0.160. The van der Waals surface area contributed by atoms with E-state index in [1.54, 1.807) is 10.9 Å². The molecule has 1 aliphatic carbocycles. The third-order valence-corrected chi connectivity index (χ3v) is 4.58. The number of aromatic nitrogens is 4. The molecule has 1 saturated carbocycles.